The van der Waals surface area contributed by atoms with Crippen molar-refractivity contribution >= 4 is 25.4 Å². The highest BCUT2D eigenvalue weighted by atomic mass is 32.2. The summed E-state index contributed by atoms with van der Waals surface area (Å²) in [5.41, 5.74) is 3.60. The van der Waals surface area contributed by atoms with Gasteiger partial charge in [0.05, 0.1) is 21.7 Å². The first-order valence-corrected chi connectivity index (χ1v) is 13.7. The standard InChI is InChI=1S/C22H27FN2O4S2/c1-16-4-3-5-20(17(16)2)24-10-12-25(13-11-24)21-14-30(26,27)15-22(21)31(28,29)19-8-6-18(23)7-9-19/h3-9,21-22H,10-15H2,1-2H3. The number of anilines is 1. The number of hydrogen-bond donors (Lipinski definition) is 0. The van der Waals surface area contributed by atoms with Crippen LogP contribution in [-0.4, -0.2) is 70.7 Å². The summed E-state index contributed by atoms with van der Waals surface area (Å²) in [4.78, 5) is 4.24. The molecule has 0 bridgehead atoms. The lowest BCUT2D eigenvalue weighted by atomic mass is 10.1. The van der Waals surface area contributed by atoms with E-state index in [2.05, 4.69) is 30.9 Å². The molecule has 0 saturated carbocycles. The maximum Gasteiger partial charge on any atom is 0.183 e. The van der Waals surface area contributed by atoms with E-state index in [9.17, 15) is 21.2 Å². The van der Waals surface area contributed by atoms with Gasteiger partial charge >= 0.3 is 0 Å². The van der Waals surface area contributed by atoms with Gasteiger partial charge in [0.2, 0.25) is 0 Å². The summed E-state index contributed by atoms with van der Waals surface area (Å²) in [6.45, 7) is 6.73. The van der Waals surface area contributed by atoms with Crippen molar-refractivity contribution in [3.8, 4) is 0 Å². The molecule has 0 N–H and O–H groups in total. The molecule has 0 spiro atoms. The monoisotopic (exact) mass is 466 g/mol. The van der Waals surface area contributed by atoms with Crippen LogP contribution in [0.2, 0.25) is 0 Å². The normalized spacial score (nSPS) is 24.4. The smallest absolute Gasteiger partial charge is 0.183 e. The van der Waals surface area contributed by atoms with E-state index >= 15 is 0 Å². The molecule has 2 aliphatic rings. The molecule has 31 heavy (non-hydrogen) atoms. The molecule has 0 aromatic heterocycles. The van der Waals surface area contributed by atoms with Crippen LogP contribution in [0, 0.1) is 19.7 Å². The Morgan fingerprint density at radius 1 is 0.935 bits per heavy atom. The third-order valence-corrected chi connectivity index (χ3v) is 10.6. The van der Waals surface area contributed by atoms with Gasteiger partial charge in [-0.15, -0.1) is 0 Å². The quantitative estimate of drug-likeness (QED) is 0.644. The molecule has 2 aliphatic heterocycles. The summed E-state index contributed by atoms with van der Waals surface area (Å²) in [5.74, 6) is -1.09. The Kier molecular flexibility index (Phi) is 5.87. The van der Waals surface area contributed by atoms with Crippen molar-refractivity contribution in [1.82, 2.24) is 4.90 Å². The first kappa shape index (κ1) is 22.2. The lowest BCUT2D eigenvalue weighted by Crippen LogP contribution is -2.55. The molecule has 6 nitrogen and oxygen atoms in total. The molecule has 168 valence electrons. The highest BCUT2D eigenvalue weighted by Gasteiger charge is 2.48. The Balaban J connectivity index is 1.55. The zero-order valence-corrected chi connectivity index (χ0v) is 19.3. The minimum Gasteiger partial charge on any atom is -0.369 e. The lowest BCUT2D eigenvalue weighted by molar-refractivity contribution is 0.201. The number of rotatable bonds is 4. The van der Waals surface area contributed by atoms with Crippen molar-refractivity contribution in [1.29, 1.82) is 0 Å². The van der Waals surface area contributed by atoms with Gasteiger partial charge in [-0.2, -0.15) is 0 Å². The maximum absolute atomic E-state index is 13.3. The molecule has 2 heterocycles. The summed E-state index contributed by atoms with van der Waals surface area (Å²) in [6, 6.07) is 10.2. The fourth-order valence-electron chi connectivity index (χ4n) is 4.61. The molecule has 2 unspecified atom stereocenters. The maximum atomic E-state index is 13.3. The number of nitrogens with zero attached hydrogens (tertiary/aromatic N) is 2. The van der Waals surface area contributed by atoms with Gasteiger partial charge in [0, 0.05) is 37.9 Å². The predicted octanol–water partition coefficient (Wildman–Crippen LogP) is 2.20. The molecule has 0 aliphatic carbocycles. The number of aryl methyl sites for hydroxylation is 1. The van der Waals surface area contributed by atoms with E-state index in [1.54, 1.807) is 0 Å². The molecule has 2 atom stereocenters. The minimum absolute atomic E-state index is 0.0324. The third kappa shape index (κ3) is 4.36. The van der Waals surface area contributed by atoms with E-state index in [1.165, 1.54) is 23.3 Å². The first-order valence-electron chi connectivity index (χ1n) is 10.3. The Morgan fingerprint density at radius 2 is 1.58 bits per heavy atom. The molecule has 4 rings (SSSR count). The Hall–Kier alpha value is -1.97. The second-order valence-corrected chi connectivity index (χ2v) is 12.7. The molecule has 2 aromatic rings. The fraction of sp³-hybridized carbons (Fsp3) is 0.455. The van der Waals surface area contributed by atoms with E-state index in [-0.39, 0.29) is 10.6 Å². The van der Waals surface area contributed by atoms with E-state index in [0.717, 1.165) is 17.8 Å². The van der Waals surface area contributed by atoms with Crippen LogP contribution in [0.4, 0.5) is 10.1 Å². The summed E-state index contributed by atoms with van der Waals surface area (Å²) < 4.78 is 64.6. The number of piperazine rings is 1. The predicted molar refractivity (Wildman–Crippen MR) is 120 cm³/mol. The van der Waals surface area contributed by atoms with Gasteiger partial charge < -0.3 is 4.90 Å². The van der Waals surface area contributed by atoms with Gasteiger partial charge in [0.1, 0.15) is 5.82 Å². The van der Waals surface area contributed by atoms with Crippen LogP contribution >= 0.6 is 0 Å². The number of benzene rings is 2. The van der Waals surface area contributed by atoms with Crippen molar-refractivity contribution in [3.63, 3.8) is 0 Å². The van der Waals surface area contributed by atoms with Crippen LogP contribution in [0.15, 0.2) is 47.4 Å². The van der Waals surface area contributed by atoms with Crippen molar-refractivity contribution in [3.05, 3.63) is 59.4 Å². The molecule has 0 radical (unpaired) electrons. The van der Waals surface area contributed by atoms with Crippen LogP contribution in [0.25, 0.3) is 0 Å². The Labute approximate surface area is 183 Å². The van der Waals surface area contributed by atoms with Gasteiger partial charge in [0.25, 0.3) is 0 Å². The first-order chi connectivity index (χ1) is 14.6. The number of sulfone groups is 2. The fourth-order valence-corrected chi connectivity index (χ4v) is 9.44. The van der Waals surface area contributed by atoms with Crippen molar-refractivity contribution in [2.24, 2.45) is 0 Å². The molecule has 2 saturated heterocycles. The third-order valence-electron chi connectivity index (χ3n) is 6.51. The molecule has 9 heteroatoms. The molecule has 0 amide bonds. The Bertz CT molecular complexity index is 1170. The van der Waals surface area contributed by atoms with E-state index in [4.69, 9.17) is 0 Å². The SMILES string of the molecule is Cc1cccc(N2CCN(C3CS(=O)(=O)CC3S(=O)(=O)c3ccc(F)cc3)CC2)c1C. The van der Waals surface area contributed by atoms with Gasteiger partial charge in [-0.05, 0) is 55.3 Å². The molecule has 2 aromatic carbocycles. The lowest BCUT2D eigenvalue weighted by Gasteiger charge is -2.40. The van der Waals surface area contributed by atoms with E-state index in [0.29, 0.717) is 26.2 Å². The van der Waals surface area contributed by atoms with Gasteiger partial charge in [-0.25, -0.2) is 21.2 Å². The minimum atomic E-state index is -3.90. The van der Waals surface area contributed by atoms with Gasteiger partial charge in [-0.1, -0.05) is 12.1 Å². The van der Waals surface area contributed by atoms with E-state index in [1.807, 2.05) is 11.0 Å². The molecular formula is C22H27FN2O4S2. The van der Waals surface area contributed by atoms with Crippen LogP contribution in [0.5, 0.6) is 0 Å². The van der Waals surface area contributed by atoms with Gasteiger partial charge in [-0.3, -0.25) is 4.90 Å². The van der Waals surface area contributed by atoms with Crippen molar-refractivity contribution < 1.29 is 21.2 Å². The molecular weight excluding hydrogens is 439 g/mol. The number of hydrogen-bond acceptors (Lipinski definition) is 6. The summed E-state index contributed by atoms with van der Waals surface area (Å²) in [6.07, 6.45) is 0. The van der Waals surface area contributed by atoms with E-state index < -0.39 is 42.5 Å². The highest BCUT2D eigenvalue weighted by Crippen LogP contribution is 2.31. The van der Waals surface area contributed by atoms with Crippen molar-refractivity contribution in [2.75, 3.05) is 42.6 Å². The van der Waals surface area contributed by atoms with Crippen LogP contribution in [-0.2, 0) is 19.7 Å². The zero-order valence-electron chi connectivity index (χ0n) is 17.7. The summed E-state index contributed by atoms with van der Waals surface area (Å²) >= 11 is 0. The van der Waals surface area contributed by atoms with Crippen LogP contribution in [0.1, 0.15) is 11.1 Å². The molecule has 2 fully saturated rings. The summed E-state index contributed by atoms with van der Waals surface area (Å²) in [7, 11) is -7.38. The van der Waals surface area contributed by atoms with Crippen LogP contribution in [0.3, 0.4) is 0 Å². The second-order valence-electron chi connectivity index (χ2n) is 8.42. The Morgan fingerprint density at radius 3 is 2.23 bits per heavy atom. The number of halogens is 1. The van der Waals surface area contributed by atoms with Gasteiger partial charge in [0.15, 0.2) is 19.7 Å². The van der Waals surface area contributed by atoms with Crippen molar-refractivity contribution in [2.45, 2.75) is 30.0 Å². The highest BCUT2D eigenvalue weighted by molar-refractivity contribution is 7.96. The zero-order chi connectivity index (χ0) is 22.4. The average molecular weight is 467 g/mol. The average Bonchev–Trinajstić information content (AvgIpc) is 3.07. The second kappa shape index (κ2) is 8.18. The summed E-state index contributed by atoms with van der Waals surface area (Å²) in [5, 5.41) is -1.05. The largest absolute Gasteiger partial charge is 0.369 e. The topological polar surface area (TPSA) is 74.8 Å². The van der Waals surface area contributed by atoms with Crippen LogP contribution < -0.4 is 4.90 Å².